The molecule has 2 heteroatoms. The molecule has 0 heterocycles. The van der Waals surface area contributed by atoms with E-state index in [0.717, 1.165) is 11.1 Å². The maximum absolute atomic E-state index is 8.87. The van der Waals surface area contributed by atoms with Gasteiger partial charge < -0.3 is 0 Å². The summed E-state index contributed by atoms with van der Waals surface area (Å²) in [5, 5.41) is 17.7. The van der Waals surface area contributed by atoms with Crippen molar-refractivity contribution in [2.24, 2.45) is 5.41 Å². The van der Waals surface area contributed by atoms with Crippen LogP contribution in [-0.4, -0.2) is 0 Å². The van der Waals surface area contributed by atoms with Gasteiger partial charge in [0.2, 0.25) is 0 Å². The van der Waals surface area contributed by atoms with Gasteiger partial charge in [-0.15, -0.1) is 0 Å². The highest BCUT2D eigenvalue weighted by Gasteiger charge is 2.21. The maximum Gasteiger partial charge on any atom is 0.144 e. The van der Waals surface area contributed by atoms with Crippen molar-refractivity contribution in [3.05, 3.63) is 42.0 Å². The minimum Gasteiger partial charge on any atom is -0.197 e. The third-order valence-corrected chi connectivity index (χ3v) is 2.54. The Morgan fingerprint density at radius 2 is 1.81 bits per heavy atom. The summed E-state index contributed by atoms with van der Waals surface area (Å²) in [7, 11) is 0. The fourth-order valence-corrected chi connectivity index (χ4v) is 1.29. The first-order valence-electron chi connectivity index (χ1n) is 5.16. The van der Waals surface area contributed by atoms with Crippen LogP contribution < -0.4 is 0 Å². The van der Waals surface area contributed by atoms with E-state index in [-0.39, 0.29) is 0 Å². The van der Waals surface area contributed by atoms with Gasteiger partial charge in [0.1, 0.15) is 5.41 Å². The molecule has 80 valence electrons. The quantitative estimate of drug-likeness (QED) is 0.766. The van der Waals surface area contributed by atoms with Gasteiger partial charge in [-0.2, -0.15) is 10.5 Å². The van der Waals surface area contributed by atoms with Crippen LogP contribution in [0, 0.1) is 28.1 Å². The van der Waals surface area contributed by atoms with Gasteiger partial charge in [0.15, 0.2) is 0 Å². The lowest BCUT2D eigenvalue weighted by Gasteiger charge is -2.09. The molecule has 2 nitrogen and oxygen atoms in total. The van der Waals surface area contributed by atoms with E-state index in [1.54, 1.807) is 6.92 Å². The molecule has 1 rings (SSSR count). The largest absolute Gasteiger partial charge is 0.197 e. The molecule has 0 atom stereocenters. The van der Waals surface area contributed by atoms with Crippen molar-refractivity contribution >= 4 is 5.57 Å². The SMILES string of the molecule is C/C(=C\CC(C)(C#N)C#N)c1ccccc1. The highest BCUT2D eigenvalue weighted by Crippen LogP contribution is 2.22. The average molecular weight is 210 g/mol. The Hall–Kier alpha value is -2.06. The normalized spacial score (nSPS) is 11.6. The Kier molecular flexibility index (Phi) is 3.86. The summed E-state index contributed by atoms with van der Waals surface area (Å²) in [5.74, 6) is 0. The molecule has 0 amide bonds. The minimum absolute atomic E-state index is 0.459. The summed E-state index contributed by atoms with van der Waals surface area (Å²) in [5.41, 5.74) is 1.30. The molecule has 0 aromatic heterocycles. The monoisotopic (exact) mass is 210 g/mol. The molecule has 1 aromatic rings. The van der Waals surface area contributed by atoms with Crippen LogP contribution in [0.4, 0.5) is 0 Å². The molecule has 0 aliphatic carbocycles. The van der Waals surface area contributed by atoms with Crippen LogP contribution in [0.3, 0.4) is 0 Å². The highest BCUT2D eigenvalue weighted by atomic mass is 14.4. The lowest BCUT2D eigenvalue weighted by atomic mass is 9.89. The second-order valence-corrected chi connectivity index (χ2v) is 4.01. The summed E-state index contributed by atoms with van der Waals surface area (Å²) in [6.45, 7) is 3.65. The molecule has 0 unspecified atom stereocenters. The van der Waals surface area contributed by atoms with Crippen molar-refractivity contribution in [3.63, 3.8) is 0 Å². The molecule has 0 aliphatic rings. The molecule has 1 aromatic carbocycles. The fraction of sp³-hybridized carbons (Fsp3) is 0.286. The first-order valence-corrected chi connectivity index (χ1v) is 5.16. The van der Waals surface area contributed by atoms with E-state index < -0.39 is 5.41 Å². The van der Waals surface area contributed by atoms with Crippen molar-refractivity contribution in [1.82, 2.24) is 0 Å². The van der Waals surface area contributed by atoms with E-state index in [2.05, 4.69) is 0 Å². The van der Waals surface area contributed by atoms with Gasteiger partial charge >= 0.3 is 0 Å². The molecule has 16 heavy (non-hydrogen) atoms. The minimum atomic E-state index is -0.921. The van der Waals surface area contributed by atoms with E-state index in [4.69, 9.17) is 10.5 Å². The number of hydrogen-bond acceptors (Lipinski definition) is 2. The molecular formula is C14H14N2. The molecule has 0 fully saturated rings. The molecule has 0 radical (unpaired) electrons. The number of hydrogen-bond donors (Lipinski definition) is 0. The van der Waals surface area contributed by atoms with Crippen LogP contribution in [0.1, 0.15) is 25.8 Å². The smallest absolute Gasteiger partial charge is 0.144 e. The van der Waals surface area contributed by atoms with Gasteiger partial charge in [0.05, 0.1) is 12.1 Å². The zero-order chi connectivity index (χ0) is 12.0. The zero-order valence-corrected chi connectivity index (χ0v) is 9.57. The van der Waals surface area contributed by atoms with Crippen LogP contribution >= 0.6 is 0 Å². The number of nitrogens with zero attached hydrogens (tertiary/aromatic N) is 2. The van der Waals surface area contributed by atoms with E-state index in [0.29, 0.717) is 6.42 Å². The van der Waals surface area contributed by atoms with Gasteiger partial charge in [0.25, 0.3) is 0 Å². The van der Waals surface area contributed by atoms with E-state index in [1.165, 1.54) is 0 Å². The van der Waals surface area contributed by atoms with Crippen molar-refractivity contribution in [1.29, 1.82) is 10.5 Å². The Bertz CT molecular complexity index is 444. The van der Waals surface area contributed by atoms with Crippen molar-refractivity contribution in [3.8, 4) is 12.1 Å². The van der Waals surface area contributed by atoms with Gasteiger partial charge in [-0.05, 0) is 31.4 Å². The van der Waals surface area contributed by atoms with E-state index in [1.807, 2.05) is 55.5 Å². The predicted molar refractivity (Wildman–Crippen MR) is 64.0 cm³/mol. The summed E-state index contributed by atoms with van der Waals surface area (Å²) in [4.78, 5) is 0. The Morgan fingerprint density at radius 1 is 1.25 bits per heavy atom. The lowest BCUT2D eigenvalue weighted by Crippen LogP contribution is -2.08. The summed E-state index contributed by atoms with van der Waals surface area (Å²) in [6, 6.07) is 14.0. The highest BCUT2D eigenvalue weighted by molar-refractivity contribution is 5.63. The Balaban J connectivity index is 2.82. The fourth-order valence-electron chi connectivity index (χ4n) is 1.29. The van der Waals surface area contributed by atoms with Crippen LogP contribution in [-0.2, 0) is 0 Å². The van der Waals surface area contributed by atoms with Gasteiger partial charge in [-0.3, -0.25) is 0 Å². The first kappa shape index (κ1) is 12.0. The predicted octanol–water partition coefficient (Wildman–Crippen LogP) is 3.53. The third kappa shape index (κ3) is 2.97. The topological polar surface area (TPSA) is 47.6 Å². The number of rotatable bonds is 3. The molecule has 0 saturated carbocycles. The molecular weight excluding hydrogens is 196 g/mol. The molecule has 0 aliphatic heterocycles. The van der Waals surface area contributed by atoms with E-state index in [9.17, 15) is 0 Å². The van der Waals surface area contributed by atoms with Crippen LogP contribution in [0.5, 0.6) is 0 Å². The standard InChI is InChI=1S/C14H14N2/c1-12(13-6-4-3-5-7-13)8-9-14(2,10-15)11-16/h3-8H,9H2,1-2H3/b12-8+. The Morgan fingerprint density at radius 3 is 2.31 bits per heavy atom. The molecule has 0 N–H and O–H groups in total. The molecule has 0 spiro atoms. The Labute approximate surface area is 96.4 Å². The van der Waals surface area contributed by atoms with E-state index >= 15 is 0 Å². The van der Waals surface area contributed by atoms with Gasteiger partial charge in [0, 0.05) is 0 Å². The van der Waals surface area contributed by atoms with Crippen molar-refractivity contribution in [2.45, 2.75) is 20.3 Å². The van der Waals surface area contributed by atoms with Crippen molar-refractivity contribution in [2.75, 3.05) is 0 Å². The number of benzene rings is 1. The molecule has 0 saturated heterocycles. The summed E-state index contributed by atoms with van der Waals surface area (Å²) in [6.07, 6.45) is 2.41. The van der Waals surface area contributed by atoms with Gasteiger partial charge in [-0.25, -0.2) is 0 Å². The second kappa shape index (κ2) is 5.14. The van der Waals surface area contributed by atoms with Crippen molar-refractivity contribution < 1.29 is 0 Å². The average Bonchev–Trinajstić information content (AvgIpc) is 2.36. The third-order valence-electron chi connectivity index (χ3n) is 2.54. The summed E-state index contributed by atoms with van der Waals surface area (Å²) >= 11 is 0. The lowest BCUT2D eigenvalue weighted by molar-refractivity contribution is 0.595. The summed E-state index contributed by atoms with van der Waals surface area (Å²) < 4.78 is 0. The molecule has 0 bridgehead atoms. The first-order chi connectivity index (χ1) is 7.61. The number of allylic oxidation sites excluding steroid dienone is 2. The van der Waals surface area contributed by atoms with Crippen LogP contribution in [0.2, 0.25) is 0 Å². The number of nitriles is 2. The maximum atomic E-state index is 8.87. The second-order valence-electron chi connectivity index (χ2n) is 4.01. The van der Waals surface area contributed by atoms with Gasteiger partial charge in [-0.1, -0.05) is 36.4 Å². The van der Waals surface area contributed by atoms with Crippen LogP contribution in [0.15, 0.2) is 36.4 Å². The van der Waals surface area contributed by atoms with Crippen LogP contribution in [0.25, 0.3) is 5.57 Å². The zero-order valence-electron chi connectivity index (χ0n) is 9.57.